The van der Waals surface area contributed by atoms with Crippen molar-refractivity contribution in [3.63, 3.8) is 0 Å². The molecule has 1 aromatic carbocycles. The molecule has 0 aliphatic heterocycles. The average Bonchev–Trinajstić information content (AvgIpc) is 2.46. The Bertz CT molecular complexity index is 493. The zero-order valence-corrected chi connectivity index (χ0v) is 11.7. The molecule has 5 nitrogen and oxygen atoms in total. The van der Waals surface area contributed by atoms with Gasteiger partial charge in [0.15, 0.2) is 5.78 Å². The maximum atomic E-state index is 12.1. The molecule has 1 rings (SSSR count). The molecule has 0 unspecified atom stereocenters. The highest BCUT2D eigenvalue weighted by Crippen LogP contribution is 2.14. The van der Waals surface area contributed by atoms with Crippen LogP contribution in [0.25, 0.3) is 0 Å². The molecule has 0 N–H and O–H groups in total. The molecule has 0 atom stereocenters. The molecule has 5 heteroatoms. The van der Waals surface area contributed by atoms with Crippen LogP contribution in [0.5, 0.6) is 0 Å². The van der Waals surface area contributed by atoms with E-state index >= 15 is 0 Å². The summed E-state index contributed by atoms with van der Waals surface area (Å²) in [6.45, 7) is 2.06. The lowest BCUT2D eigenvalue weighted by Crippen LogP contribution is -2.11. The van der Waals surface area contributed by atoms with Crippen LogP contribution in [0, 0.1) is 0 Å². The fraction of sp³-hybridized carbons (Fsp3) is 0.400. The lowest BCUT2D eigenvalue weighted by atomic mass is 10.00. The van der Waals surface area contributed by atoms with Gasteiger partial charge in [-0.25, -0.2) is 4.79 Å². The van der Waals surface area contributed by atoms with E-state index in [4.69, 9.17) is 4.74 Å². The Hall–Kier alpha value is -2.17. The number of benzene rings is 1. The van der Waals surface area contributed by atoms with Gasteiger partial charge in [-0.3, -0.25) is 9.59 Å². The van der Waals surface area contributed by atoms with Crippen molar-refractivity contribution in [1.29, 1.82) is 0 Å². The smallest absolute Gasteiger partial charge is 0.338 e. The van der Waals surface area contributed by atoms with Crippen LogP contribution < -0.4 is 0 Å². The summed E-state index contributed by atoms with van der Waals surface area (Å²) in [5.74, 6) is -1.05. The van der Waals surface area contributed by atoms with Gasteiger partial charge in [-0.1, -0.05) is 18.2 Å². The van der Waals surface area contributed by atoms with E-state index in [-0.39, 0.29) is 30.2 Å². The second kappa shape index (κ2) is 8.09. The zero-order chi connectivity index (χ0) is 15.0. The second-order valence-corrected chi connectivity index (χ2v) is 4.12. The van der Waals surface area contributed by atoms with Crippen molar-refractivity contribution in [2.75, 3.05) is 13.7 Å². The van der Waals surface area contributed by atoms with E-state index in [9.17, 15) is 14.4 Å². The minimum absolute atomic E-state index is 0.185. The number of carbonyl (C=O) groups excluding carboxylic acids is 3. The summed E-state index contributed by atoms with van der Waals surface area (Å²) >= 11 is 0. The standard InChI is InChI=1S/C15H18O5/c1-3-20-14(17)10-6-9-13(16)11-7-4-5-8-12(11)15(18)19-2/h4-5,7-8H,3,6,9-10H2,1-2H3. The van der Waals surface area contributed by atoms with Crippen molar-refractivity contribution >= 4 is 17.7 Å². The number of carbonyl (C=O) groups is 3. The first-order valence-electron chi connectivity index (χ1n) is 6.46. The molecular weight excluding hydrogens is 260 g/mol. The second-order valence-electron chi connectivity index (χ2n) is 4.12. The Morgan fingerprint density at radius 3 is 2.30 bits per heavy atom. The Morgan fingerprint density at radius 2 is 1.70 bits per heavy atom. The maximum absolute atomic E-state index is 12.1. The highest BCUT2D eigenvalue weighted by Gasteiger charge is 2.17. The third-order valence-electron chi connectivity index (χ3n) is 2.72. The van der Waals surface area contributed by atoms with Gasteiger partial charge in [0.05, 0.1) is 19.3 Å². The van der Waals surface area contributed by atoms with Gasteiger partial charge >= 0.3 is 11.9 Å². The molecule has 0 aliphatic carbocycles. The third-order valence-corrected chi connectivity index (χ3v) is 2.72. The fourth-order valence-corrected chi connectivity index (χ4v) is 1.78. The predicted octanol–water partition coefficient (Wildman–Crippen LogP) is 2.39. The summed E-state index contributed by atoms with van der Waals surface area (Å²) in [6.07, 6.45) is 0.778. The summed E-state index contributed by atoms with van der Waals surface area (Å²) < 4.78 is 9.42. The van der Waals surface area contributed by atoms with Crippen molar-refractivity contribution in [3.8, 4) is 0 Å². The number of ether oxygens (including phenoxy) is 2. The van der Waals surface area contributed by atoms with Crippen molar-refractivity contribution in [2.24, 2.45) is 0 Å². The fourth-order valence-electron chi connectivity index (χ4n) is 1.78. The van der Waals surface area contributed by atoms with Gasteiger partial charge in [0.25, 0.3) is 0 Å². The number of esters is 2. The van der Waals surface area contributed by atoms with Crippen molar-refractivity contribution in [3.05, 3.63) is 35.4 Å². The Kier molecular flexibility index (Phi) is 6.43. The van der Waals surface area contributed by atoms with Crippen LogP contribution in [0.1, 0.15) is 46.9 Å². The van der Waals surface area contributed by atoms with Gasteiger partial charge in [0.2, 0.25) is 0 Å². The zero-order valence-electron chi connectivity index (χ0n) is 11.7. The van der Waals surface area contributed by atoms with E-state index in [1.807, 2.05) is 0 Å². The summed E-state index contributed by atoms with van der Waals surface area (Å²) in [7, 11) is 1.27. The Morgan fingerprint density at radius 1 is 1.05 bits per heavy atom. The van der Waals surface area contributed by atoms with Crippen LogP contribution in [0.2, 0.25) is 0 Å². The van der Waals surface area contributed by atoms with Gasteiger partial charge in [0, 0.05) is 18.4 Å². The summed E-state index contributed by atoms with van der Waals surface area (Å²) in [4.78, 5) is 34.8. The largest absolute Gasteiger partial charge is 0.466 e. The number of hydrogen-bond donors (Lipinski definition) is 0. The lowest BCUT2D eigenvalue weighted by molar-refractivity contribution is -0.143. The quantitative estimate of drug-likeness (QED) is 0.565. The van der Waals surface area contributed by atoms with E-state index in [2.05, 4.69) is 4.74 Å². The number of Topliss-reactive ketones (excluding diaryl/α,β-unsaturated/α-hetero) is 1. The molecule has 0 bridgehead atoms. The molecule has 0 saturated carbocycles. The maximum Gasteiger partial charge on any atom is 0.338 e. The molecule has 0 radical (unpaired) electrons. The van der Waals surface area contributed by atoms with E-state index in [0.717, 1.165) is 0 Å². The average molecular weight is 278 g/mol. The van der Waals surface area contributed by atoms with E-state index in [0.29, 0.717) is 18.6 Å². The topological polar surface area (TPSA) is 69.7 Å². The summed E-state index contributed by atoms with van der Waals surface area (Å²) in [5.41, 5.74) is 0.569. The van der Waals surface area contributed by atoms with Crippen molar-refractivity contribution in [1.82, 2.24) is 0 Å². The molecule has 1 aromatic rings. The molecule has 0 fully saturated rings. The third kappa shape index (κ3) is 4.50. The summed E-state index contributed by atoms with van der Waals surface area (Å²) in [5, 5.41) is 0. The van der Waals surface area contributed by atoms with Crippen molar-refractivity contribution < 1.29 is 23.9 Å². The van der Waals surface area contributed by atoms with Gasteiger partial charge in [-0.15, -0.1) is 0 Å². The molecule has 108 valence electrons. The highest BCUT2D eigenvalue weighted by molar-refractivity contribution is 6.06. The monoisotopic (exact) mass is 278 g/mol. The van der Waals surface area contributed by atoms with Gasteiger partial charge < -0.3 is 9.47 Å². The number of methoxy groups -OCH3 is 1. The Labute approximate surface area is 117 Å². The van der Waals surface area contributed by atoms with Crippen LogP contribution in [0.15, 0.2) is 24.3 Å². The van der Waals surface area contributed by atoms with Gasteiger partial charge in [-0.05, 0) is 19.4 Å². The SMILES string of the molecule is CCOC(=O)CCCC(=O)c1ccccc1C(=O)OC. The molecule has 0 spiro atoms. The first-order valence-corrected chi connectivity index (χ1v) is 6.46. The first kappa shape index (κ1) is 15.9. The van der Waals surface area contributed by atoms with E-state index in [1.165, 1.54) is 7.11 Å². The molecule has 0 aromatic heterocycles. The van der Waals surface area contributed by atoms with E-state index < -0.39 is 5.97 Å². The van der Waals surface area contributed by atoms with Crippen LogP contribution in [0.4, 0.5) is 0 Å². The number of rotatable bonds is 7. The van der Waals surface area contributed by atoms with Crippen molar-refractivity contribution in [2.45, 2.75) is 26.2 Å². The van der Waals surface area contributed by atoms with Gasteiger partial charge in [0.1, 0.15) is 0 Å². The van der Waals surface area contributed by atoms with Crippen LogP contribution >= 0.6 is 0 Å². The molecule has 0 saturated heterocycles. The van der Waals surface area contributed by atoms with Gasteiger partial charge in [-0.2, -0.15) is 0 Å². The normalized spacial score (nSPS) is 9.90. The molecular formula is C15H18O5. The number of ketones is 1. The Balaban J connectivity index is 2.64. The number of hydrogen-bond acceptors (Lipinski definition) is 5. The van der Waals surface area contributed by atoms with Crippen LogP contribution in [-0.4, -0.2) is 31.4 Å². The molecule has 0 aliphatic rings. The molecule has 0 heterocycles. The summed E-state index contributed by atoms with van der Waals surface area (Å²) in [6, 6.07) is 6.48. The molecule has 20 heavy (non-hydrogen) atoms. The van der Waals surface area contributed by atoms with E-state index in [1.54, 1.807) is 31.2 Å². The van der Waals surface area contributed by atoms with Crippen LogP contribution in [0.3, 0.4) is 0 Å². The molecule has 0 amide bonds. The predicted molar refractivity (Wildman–Crippen MR) is 72.6 cm³/mol. The minimum atomic E-state index is -0.542. The minimum Gasteiger partial charge on any atom is -0.466 e. The highest BCUT2D eigenvalue weighted by atomic mass is 16.5. The first-order chi connectivity index (χ1) is 9.60. The lowest BCUT2D eigenvalue weighted by Gasteiger charge is -2.06. The van der Waals surface area contributed by atoms with Crippen LogP contribution in [-0.2, 0) is 14.3 Å².